The lowest BCUT2D eigenvalue weighted by Crippen LogP contribution is -2.59. The minimum Gasteiger partial charge on any atom is -0.481 e. The van der Waals surface area contributed by atoms with E-state index in [9.17, 15) is 9.90 Å². The summed E-state index contributed by atoms with van der Waals surface area (Å²) in [5, 5.41) is 19.5. The van der Waals surface area contributed by atoms with Crippen molar-refractivity contribution in [3.05, 3.63) is 0 Å². The Bertz CT molecular complexity index is 620. The van der Waals surface area contributed by atoms with Gasteiger partial charge in [0.15, 0.2) is 0 Å². The number of hydrogen-bond donors (Lipinski definition) is 2. The highest BCUT2D eigenvalue weighted by Gasteiger charge is 2.63. The monoisotopic (exact) mass is 406 g/mol. The molecule has 0 aromatic heterocycles. The number of carboxylic acid groups (broad SMARTS) is 1. The summed E-state index contributed by atoms with van der Waals surface area (Å²) in [6, 6.07) is 0. The van der Waals surface area contributed by atoms with Crippen molar-refractivity contribution in [1.82, 2.24) is 0 Å². The fourth-order valence-corrected chi connectivity index (χ4v) is 8.95. The van der Waals surface area contributed by atoms with Gasteiger partial charge in [0.25, 0.3) is 0 Å². The van der Waals surface area contributed by atoms with Gasteiger partial charge in [0.1, 0.15) is 0 Å². The lowest BCUT2D eigenvalue weighted by atomic mass is 9.43. The van der Waals surface area contributed by atoms with E-state index in [4.69, 9.17) is 9.84 Å². The Balaban J connectivity index is 1.58. The molecule has 0 spiro atoms. The number of aliphatic hydroxyl groups is 1. The van der Waals surface area contributed by atoms with Crippen LogP contribution in [-0.2, 0) is 9.53 Å². The van der Waals surface area contributed by atoms with Crippen molar-refractivity contribution >= 4 is 5.97 Å². The highest BCUT2D eigenvalue weighted by Crippen LogP contribution is 2.68. The summed E-state index contributed by atoms with van der Waals surface area (Å²) in [6.07, 6.45) is 10.6. The third kappa shape index (κ3) is 3.46. The quantitative estimate of drug-likeness (QED) is 0.664. The fourth-order valence-electron chi connectivity index (χ4n) is 8.95. The van der Waals surface area contributed by atoms with Crippen LogP contribution in [0.4, 0.5) is 0 Å². The summed E-state index contributed by atoms with van der Waals surface area (Å²) in [6.45, 7) is 7.34. The van der Waals surface area contributed by atoms with Gasteiger partial charge < -0.3 is 14.9 Å². The van der Waals surface area contributed by atoms with Crippen LogP contribution in [-0.4, -0.2) is 35.5 Å². The first-order valence-electron chi connectivity index (χ1n) is 12.1. The number of aliphatic carboxylic acids is 1. The number of fused-ring (bicyclic) bond motifs is 5. The van der Waals surface area contributed by atoms with Crippen LogP contribution in [0.3, 0.4) is 0 Å². The Labute approximate surface area is 176 Å². The van der Waals surface area contributed by atoms with E-state index in [-0.39, 0.29) is 6.10 Å². The van der Waals surface area contributed by atoms with Gasteiger partial charge >= 0.3 is 5.97 Å². The van der Waals surface area contributed by atoms with Gasteiger partial charge in [-0.3, -0.25) is 4.79 Å². The molecule has 4 aliphatic rings. The molecule has 0 aromatic carbocycles. The van der Waals surface area contributed by atoms with E-state index in [2.05, 4.69) is 20.8 Å². The van der Waals surface area contributed by atoms with Crippen LogP contribution in [0.15, 0.2) is 0 Å². The molecule has 0 aromatic rings. The lowest BCUT2D eigenvalue weighted by molar-refractivity contribution is -0.181. The summed E-state index contributed by atoms with van der Waals surface area (Å²) >= 11 is 0. The first-order chi connectivity index (χ1) is 13.7. The SMILES string of the molecule is COC1CC2C[C@H](O)CC[C@]2(C)C2CC[C@@]3(C)C(CCC3[C@H](C)CCC(=O)O)C12. The predicted octanol–water partition coefficient (Wildman–Crippen LogP) is 5.13. The number of carbonyl (C=O) groups is 1. The van der Waals surface area contributed by atoms with Crippen LogP contribution in [0.25, 0.3) is 0 Å². The topological polar surface area (TPSA) is 66.8 Å². The Morgan fingerprint density at radius 1 is 1.07 bits per heavy atom. The van der Waals surface area contributed by atoms with Crippen LogP contribution in [0.1, 0.15) is 85.0 Å². The average molecular weight is 407 g/mol. The molecule has 0 heterocycles. The Morgan fingerprint density at radius 2 is 1.76 bits per heavy atom. The van der Waals surface area contributed by atoms with Gasteiger partial charge in [-0.05, 0) is 104 Å². The van der Waals surface area contributed by atoms with Gasteiger partial charge in [-0.1, -0.05) is 20.8 Å². The van der Waals surface area contributed by atoms with Crippen LogP contribution in [0.2, 0.25) is 0 Å². The van der Waals surface area contributed by atoms with E-state index in [0.717, 1.165) is 32.1 Å². The van der Waals surface area contributed by atoms with Crippen molar-refractivity contribution in [2.45, 2.75) is 97.2 Å². The average Bonchev–Trinajstić information content (AvgIpc) is 3.03. The van der Waals surface area contributed by atoms with Gasteiger partial charge in [-0.25, -0.2) is 0 Å². The molecule has 0 saturated heterocycles. The van der Waals surface area contributed by atoms with Gasteiger partial charge in [-0.15, -0.1) is 0 Å². The summed E-state index contributed by atoms with van der Waals surface area (Å²) in [5.74, 6) is 3.10. The minimum absolute atomic E-state index is 0.123. The zero-order valence-corrected chi connectivity index (χ0v) is 18.9. The second-order valence-electron chi connectivity index (χ2n) is 11.6. The third-order valence-corrected chi connectivity index (χ3v) is 10.5. The number of aliphatic hydroxyl groups excluding tert-OH is 1. The summed E-state index contributed by atoms with van der Waals surface area (Å²) < 4.78 is 6.16. The molecule has 4 nitrogen and oxygen atoms in total. The van der Waals surface area contributed by atoms with Crippen molar-refractivity contribution in [3.8, 4) is 0 Å². The van der Waals surface area contributed by atoms with Crippen molar-refractivity contribution in [1.29, 1.82) is 0 Å². The Hall–Kier alpha value is -0.610. The molecular formula is C25H42O4. The normalized spacial score (nSPS) is 50.3. The van der Waals surface area contributed by atoms with E-state index in [1.54, 1.807) is 0 Å². The fraction of sp³-hybridized carbons (Fsp3) is 0.960. The van der Waals surface area contributed by atoms with Crippen molar-refractivity contribution in [2.75, 3.05) is 7.11 Å². The summed E-state index contributed by atoms with van der Waals surface area (Å²) in [7, 11) is 1.90. The van der Waals surface area contributed by atoms with Crippen LogP contribution in [0.5, 0.6) is 0 Å². The molecule has 29 heavy (non-hydrogen) atoms. The lowest BCUT2D eigenvalue weighted by Gasteiger charge is -2.63. The molecule has 6 unspecified atom stereocenters. The number of ether oxygens (including phenoxy) is 1. The molecule has 0 amide bonds. The molecule has 4 aliphatic carbocycles. The highest BCUT2D eigenvalue weighted by atomic mass is 16.5. The van der Waals surface area contributed by atoms with Crippen molar-refractivity contribution < 1.29 is 19.7 Å². The van der Waals surface area contributed by atoms with E-state index in [1.807, 2.05) is 7.11 Å². The number of hydrogen-bond acceptors (Lipinski definition) is 3. The van der Waals surface area contributed by atoms with E-state index < -0.39 is 5.97 Å². The van der Waals surface area contributed by atoms with E-state index in [0.29, 0.717) is 58.9 Å². The second kappa shape index (κ2) is 7.82. The molecular weight excluding hydrogens is 364 g/mol. The molecule has 166 valence electrons. The summed E-state index contributed by atoms with van der Waals surface area (Å²) in [4.78, 5) is 11.1. The van der Waals surface area contributed by atoms with Crippen LogP contribution in [0, 0.1) is 46.3 Å². The molecule has 0 aliphatic heterocycles. The Kier molecular flexibility index (Phi) is 5.83. The predicted molar refractivity (Wildman–Crippen MR) is 113 cm³/mol. The second-order valence-corrected chi connectivity index (χ2v) is 11.6. The van der Waals surface area contributed by atoms with Crippen molar-refractivity contribution in [2.24, 2.45) is 46.3 Å². The molecule has 4 saturated carbocycles. The Morgan fingerprint density at radius 3 is 2.45 bits per heavy atom. The minimum atomic E-state index is -0.662. The van der Waals surface area contributed by atoms with E-state index in [1.165, 1.54) is 25.7 Å². The number of rotatable bonds is 5. The maximum Gasteiger partial charge on any atom is 0.303 e. The standard InChI is InChI=1S/C25H42O4/c1-15(5-8-22(27)28)18-6-7-19-23-20(10-12-25(18,19)3)24(2)11-9-17(26)13-16(24)14-21(23)29-4/h15-21,23,26H,5-14H2,1-4H3,(H,27,28)/t15-,16?,17-,18?,19?,20?,21?,23?,24+,25-/m1/s1. The molecule has 4 rings (SSSR count). The largest absolute Gasteiger partial charge is 0.481 e. The van der Waals surface area contributed by atoms with Crippen LogP contribution < -0.4 is 0 Å². The van der Waals surface area contributed by atoms with Crippen molar-refractivity contribution in [3.63, 3.8) is 0 Å². The van der Waals surface area contributed by atoms with Gasteiger partial charge in [0, 0.05) is 13.5 Å². The zero-order chi connectivity index (χ0) is 21.0. The molecule has 0 bridgehead atoms. The number of carboxylic acids is 1. The maximum absolute atomic E-state index is 11.1. The van der Waals surface area contributed by atoms with Gasteiger partial charge in [0.05, 0.1) is 12.2 Å². The van der Waals surface area contributed by atoms with Gasteiger partial charge in [-0.2, -0.15) is 0 Å². The first-order valence-corrected chi connectivity index (χ1v) is 12.1. The molecule has 0 radical (unpaired) electrons. The smallest absolute Gasteiger partial charge is 0.303 e. The molecule has 10 atom stereocenters. The molecule has 4 heteroatoms. The molecule has 4 fully saturated rings. The molecule has 2 N–H and O–H groups in total. The number of methoxy groups -OCH3 is 1. The third-order valence-electron chi connectivity index (χ3n) is 10.5. The zero-order valence-electron chi connectivity index (χ0n) is 18.9. The van der Waals surface area contributed by atoms with Gasteiger partial charge in [0.2, 0.25) is 0 Å². The first kappa shape index (κ1) is 21.6. The maximum atomic E-state index is 11.1. The highest BCUT2D eigenvalue weighted by molar-refractivity contribution is 5.66. The summed E-state index contributed by atoms with van der Waals surface area (Å²) in [5.41, 5.74) is 0.681. The van der Waals surface area contributed by atoms with E-state index >= 15 is 0 Å². The van der Waals surface area contributed by atoms with Crippen LogP contribution >= 0.6 is 0 Å².